The second-order valence-electron chi connectivity index (χ2n) is 7.06. The Bertz CT molecular complexity index is 315. The summed E-state index contributed by atoms with van der Waals surface area (Å²) in [6.07, 6.45) is 8.42. The van der Waals surface area contributed by atoms with Gasteiger partial charge in [0.1, 0.15) is 0 Å². The fraction of sp³-hybridized carbons (Fsp3) is 0.941. The van der Waals surface area contributed by atoms with E-state index >= 15 is 0 Å². The number of carbonyl (C=O) groups is 1. The van der Waals surface area contributed by atoms with Gasteiger partial charge in [-0.2, -0.15) is 0 Å². The van der Waals surface area contributed by atoms with Crippen LogP contribution >= 0.6 is 0 Å². The smallest absolute Gasteiger partial charge is 0.222 e. The summed E-state index contributed by atoms with van der Waals surface area (Å²) in [4.78, 5) is 17.0. The van der Waals surface area contributed by atoms with Crippen molar-refractivity contribution >= 4 is 5.91 Å². The average molecular weight is 295 g/mol. The molecule has 0 aromatic rings. The van der Waals surface area contributed by atoms with Crippen LogP contribution in [0.5, 0.6) is 0 Å². The quantitative estimate of drug-likeness (QED) is 0.816. The molecule has 1 saturated carbocycles. The highest BCUT2D eigenvalue weighted by molar-refractivity contribution is 5.76. The summed E-state index contributed by atoms with van der Waals surface area (Å²) in [5.74, 6) is 1.76. The molecule has 2 rings (SSSR count). The van der Waals surface area contributed by atoms with Gasteiger partial charge in [0.05, 0.1) is 0 Å². The molecule has 1 amide bonds. The highest BCUT2D eigenvalue weighted by atomic mass is 16.2. The molecular weight excluding hydrogens is 262 g/mol. The maximum Gasteiger partial charge on any atom is 0.222 e. The molecule has 1 unspecified atom stereocenters. The number of nitrogens with two attached hydrogens (primary N) is 1. The first-order valence-corrected chi connectivity index (χ1v) is 8.89. The number of amides is 1. The summed E-state index contributed by atoms with van der Waals surface area (Å²) in [5, 5.41) is 0. The highest BCUT2D eigenvalue weighted by Gasteiger charge is 2.21. The molecule has 4 nitrogen and oxygen atoms in total. The van der Waals surface area contributed by atoms with Crippen molar-refractivity contribution in [2.24, 2.45) is 17.6 Å². The van der Waals surface area contributed by atoms with Gasteiger partial charge in [0.2, 0.25) is 5.91 Å². The van der Waals surface area contributed by atoms with Crippen LogP contribution < -0.4 is 5.73 Å². The van der Waals surface area contributed by atoms with Crippen molar-refractivity contribution in [3.63, 3.8) is 0 Å². The highest BCUT2D eigenvalue weighted by Crippen LogP contribution is 2.28. The zero-order chi connectivity index (χ0) is 15.1. The predicted octanol–water partition coefficient (Wildman–Crippen LogP) is 2.09. The number of rotatable bonds is 6. The number of nitrogens with zero attached hydrogens (tertiary/aromatic N) is 2. The summed E-state index contributed by atoms with van der Waals surface area (Å²) in [6, 6.07) is 0. The van der Waals surface area contributed by atoms with E-state index in [9.17, 15) is 4.79 Å². The van der Waals surface area contributed by atoms with Crippen LogP contribution in [0.25, 0.3) is 0 Å². The summed E-state index contributed by atoms with van der Waals surface area (Å²) < 4.78 is 0. The van der Waals surface area contributed by atoms with E-state index in [-0.39, 0.29) is 0 Å². The van der Waals surface area contributed by atoms with E-state index in [2.05, 4.69) is 16.7 Å². The maximum atomic E-state index is 12.4. The molecule has 0 radical (unpaired) electrons. The van der Waals surface area contributed by atoms with Gasteiger partial charge in [-0.1, -0.05) is 32.6 Å². The Morgan fingerprint density at radius 3 is 2.62 bits per heavy atom. The van der Waals surface area contributed by atoms with Crippen LogP contribution in [-0.4, -0.2) is 55.0 Å². The lowest BCUT2D eigenvalue weighted by molar-refractivity contribution is -0.131. The third kappa shape index (κ3) is 5.59. The van der Waals surface area contributed by atoms with Gasteiger partial charge in [0.15, 0.2) is 0 Å². The molecule has 4 heteroatoms. The zero-order valence-corrected chi connectivity index (χ0v) is 13.7. The maximum absolute atomic E-state index is 12.4. The number of carbonyl (C=O) groups excluding carboxylic acids is 1. The molecule has 122 valence electrons. The Labute approximate surface area is 130 Å². The standard InChI is InChI=1S/C17H33N3O/c1-15(13-18)14-19-9-4-10-20(12-11-19)17(21)8-7-16-5-2-3-6-16/h15-16H,2-14,18H2,1H3. The van der Waals surface area contributed by atoms with Crippen LogP contribution in [0.4, 0.5) is 0 Å². The first kappa shape index (κ1) is 16.8. The summed E-state index contributed by atoms with van der Waals surface area (Å²) in [6.45, 7) is 7.99. The Morgan fingerprint density at radius 1 is 1.14 bits per heavy atom. The lowest BCUT2D eigenvalue weighted by Crippen LogP contribution is -2.37. The Morgan fingerprint density at radius 2 is 1.90 bits per heavy atom. The van der Waals surface area contributed by atoms with E-state index in [4.69, 9.17) is 5.73 Å². The van der Waals surface area contributed by atoms with E-state index in [0.29, 0.717) is 11.8 Å². The molecule has 1 atom stereocenters. The number of hydrogen-bond acceptors (Lipinski definition) is 3. The van der Waals surface area contributed by atoms with Gasteiger partial charge < -0.3 is 15.5 Å². The van der Waals surface area contributed by atoms with Crippen molar-refractivity contribution < 1.29 is 4.79 Å². The van der Waals surface area contributed by atoms with Gasteiger partial charge in [-0.3, -0.25) is 4.79 Å². The van der Waals surface area contributed by atoms with E-state index in [1.54, 1.807) is 0 Å². The normalized spacial score (nSPS) is 23.2. The molecule has 1 aliphatic carbocycles. The molecule has 0 aromatic heterocycles. The largest absolute Gasteiger partial charge is 0.341 e. The Hall–Kier alpha value is -0.610. The van der Waals surface area contributed by atoms with Crippen LogP contribution in [0.1, 0.15) is 51.9 Å². The van der Waals surface area contributed by atoms with Crippen molar-refractivity contribution in [1.29, 1.82) is 0 Å². The van der Waals surface area contributed by atoms with Gasteiger partial charge in [0, 0.05) is 32.6 Å². The number of hydrogen-bond donors (Lipinski definition) is 1. The topological polar surface area (TPSA) is 49.6 Å². The molecule has 2 aliphatic rings. The van der Waals surface area contributed by atoms with Crippen molar-refractivity contribution in [3.8, 4) is 0 Å². The van der Waals surface area contributed by atoms with Crippen molar-refractivity contribution in [3.05, 3.63) is 0 Å². The molecule has 1 aliphatic heterocycles. The van der Waals surface area contributed by atoms with Crippen LogP contribution in [0.2, 0.25) is 0 Å². The molecular formula is C17H33N3O. The molecule has 0 spiro atoms. The average Bonchev–Trinajstić information content (AvgIpc) is 2.90. The van der Waals surface area contributed by atoms with Gasteiger partial charge in [0.25, 0.3) is 0 Å². The summed E-state index contributed by atoms with van der Waals surface area (Å²) >= 11 is 0. The van der Waals surface area contributed by atoms with Crippen LogP contribution in [0.15, 0.2) is 0 Å². The SMILES string of the molecule is CC(CN)CN1CCCN(C(=O)CCC2CCCC2)CC1. The Balaban J connectivity index is 1.69. The van der Waals surface area contributed by atoms with Gasteiger partial charge in [-0.25, -0.2) is 0 Å². The molecule has 2 N–H and O–H groups in total. The predicted molar refractivity (Wildman–Crippen MR) is 87.0 cm³/mol. The fourth-order valence-electron chi connectivity index (χ4n) is 3.70. The van der Waals surface area contributed by atoms with E-state index in [0.717, 1.165) is 64.4 Å². The van der Waals surface area contributed by atoms with Gasteiger partial charge in [-0.05, 0) is 37.8 Å². The fourth-order valence-corrected chi connectivity index (χ4v) is 3.70. The van der Waals surface area contributed by atoms with E-state index in [1.807, 2.05) is 0 Å². The third-order valence-electron chi connectivity index (χ3n) is 5.15. The second kappa shape index (κ2) is 8.74. The van der Waals surface area contributed by atoms with Crippen molar-refractivity contribution in [2.75, 3.05) is 39.3 Å². The van der Waals surface area contributed by atoms with Crippen LogP contribution in [0, 0.1) is 11.8 Å². The van der Waals surface area contributed by atoms with E-state index in [1.165, 1.54) is 25.7 Å². The molecule has 1 heterocycles. The van der Waals surface area contributed by atoms with Crippen LogP contribution in [-0.2, 0) is 4.79 Å². The molecule has 1 saturated heterocycles. The lowest BCUT2D eigenvalue weighted by atomic mass is 10.0. The first-order valence-electron chi connectivity index (χ1n) is 8.89. The molecule has 21 heavy (non-hydrogen) atoms. The minimum atomic E-state index is 0.385. The first-order chi connectivity index (χ1) is 10.2. The van der Waals surface area contributed by atoms with Crippen molar-refractivity contribution in [1.82, 2.24) is 9.80 Å². The monoisotopic (exact) mass is 295 g/mol. The molecule has 0 aromatic carbocycles. The lowest BCUT2D eigenvalue weighted by Gasteiger charge is -2.24. The minimum Gasteiger partial charge on any atom is -0.341 e. The zero-order valence-electron chi connectivity index (χ0n) is 13.7. The third-order valence-corrected chi connectivity index (χ3v) is 5.15. The van der Waals surface area contributed by atoms with E-state index < -0.39 is 0 Å². The molecule has 2 fully saturated rings. The summed E-state index contributed by atoms with van der Waals surface area (Å²) in [5.41, 5.74) is 5.71. The minimum absolute atomic E-state index is 0.385. The second-order valence-corrected chi connectivity index (χ2v) is 7.06. The Kier molecular flexibility index (Phi) is 6.97. The van der Waals surface area contributed by atoms with Gasteiger partial charge >= 0.3 is 0 Å². The van der Waals surface area contributed by atoms with Crippen molar-refractivity contribution in [2.45, 2.75) is 51.9 Å². The molecule has 0 bridgehead atoms. The van der Waals surface area contributed by atoms with Gasteiger partial charge in [-0.15, -0.1) is 0 Å². The summed E-state index contributed by atoms with van der Waals surface area (Å²) in [7, 11) is 0. The van der Waals surface area contributed by atoms with Crippen LogP contribution in [0.3, 0.4) is 0 Å².